The van der Waals surface area contributed by atoms with Crippen LogP contribution >= 0.6 is 11.8 Å². The summed E-state index contributed by atoms with van der Waals surface area (Å²) in [6.07, 6.45) is 0.602. The monoisotopic (exact) mass is 312 g/mol. The Labute approximate surface area is 133 Å². The minimum absolute atomic E-state index is 0.0955. The van der Waals surface area contributed by atoms with Gasteiger partial charge in [0.2, 0.25) is 0 Å². The molecular formula is C18H16O3S. The molecule has 112 valence electrons. The Balaban J connectivity index is 1.92. The number of esters is 1. The third kappa shape index (κ3) is 3.07. The SMILES string of the molecule is CCOC(=O)Cc1ccc2c(c1)C(=O)Cc1ccccc1S2. The third-order valence-electron chi connectivity index (χ3n) is 3.54. The second-order valence-corrected chi connectivity index (χ2v) is 6.21. The van der Waals surface area contributed by atoms with Crippen molar-refractivity contribution in [2.75, 3.05) is 6.61 Å². The van der Waals surface area contributed by atoms with Gasteiger partial charge in [0, 0.05) is 21.8 Å². The summed E-state index contributed by atoms with van der Waals surface area (Å²) in [6.45, 7) is 2.15. The molecule has 22 heavy (non-hydrogen) atoms. The van der Waals surface area contributed by atoms with Gasteiger partial charge in [-0.3, -0.25) is 9.59 Å². The number of hydrogen-bond donors (Lipinski definition) is 0. The van der Waals surface area contributed by atoms with Crippen molar-refractivity contribution >= 4 is 23.5 Å². The number of rotatable bonds is 3. The Morgan fingerprint density at radius 3 is 2.82 bits per heavy atom. The van der Waals surface area contributed by atoms with E-state index in [0.29, 0.717) is 18.6 Å². The molecule has 0 atom stereocenters. The highest BCUT2D eigenvalue weighted by molar-refractivity contribution is 7.99. The first-order chi connectivity index (χ1) is 10.7. The number of carbonyl (C=O) groups excluding carboxylic acids is 2. The molecule has 0 saturated carbocycles. The molecule has 0 spiro atoms. The number of fused-ring (bicyclic) bond motifs is 2. The fourth-order valence-corrected chi connectivity index (χ4v) is 3.58. The molecule has 0 aromatic heterocycles. The molecule has 0 amide bonds. The molecule has 0 N–H and O–H groups in total. The smallest absolute Gasteiger partial charge is 0.310 e. The Morgan fingerprint density at radius 1 is 1.18 bits per heavy atom. The standard InChI is InChI=1S/C18H16O3S/c1-2-21-18(20)10-12-7-8-17-14(9-12)15(19)11-13-5-3-4-6-16(13)22-17/h3-9H,2,10-11H2,1H3. The lowest BCUT2D eigenvalue weighted by Crippen LogP contribution is -2.09. The fourth-order valence-electron chi connectivity index (χ4n) is 2.51. The molecule has 0 radical (unpaired) electrons. The summed E-state index contributed by atoms with van der Waals surface area (Å²) in [5, 5.41) is 0. The molecule has 2 aromatic carbocycles. The van der Waals surface area contributed by atoms with E-state index in [9.17, 15) is 9.59 Å². The van der Waals surface area contributed by atoms with E-state index in [1.807, 2.05) is 42.5 Å². The van der Waals surface area contributed by atoms with Crippen LogP contribution in [-0.2, 0) is 22.4 Å². The molecule has 1 heterocycles. The van der Waals surface area contributed by atoms with Crippen LogP contribution in [0.4, 0.5) is 0 Å². The minimum Gasteiger partial charge on any atom is -0.466 e. The maximum Gasteiger partial charge on any atom is 0.310 e. The average Bonchev–Trinajstić information content (AvgIpc) is 2.64. The molecule has 2 aromatic rings. The van der Waals surface area contributed by atoms with E-state index in [1.165, 1.54) is 0 Å². The zero-order valence-corrected chi connectivity index (χ0v) is 13.1. The molecule has 3 rings (SSSR count). The van der Waals surface area contributed by atoms with E-state index in [1.54, 1.807) is 18.7 Å². The van der Waals surface area contributed by atoms with Gasteiger partial charge in [-0.25, -0.2) is 0 Å². The highest BCUT2D eigenvalue weighted by Gasteiger charge is 2.20. The molecule has 1 aliphatic heterocycles. The first-order valence-corrected chi connectivity index (χ1v) is 8.06. The van der Waals surface area contributed by atoms with Crippen LogP contribution in [0.1, 0.15) is 28.4 Å². The number of ether oxygens (including phenoxy) is 1. The van der Waals surface area contributed by atoms with E-state index >= 15 is 0 Å². The number of Topliss-reactive ketones (excluding diaryl/α,β-unsaturated/α-hetero) is 1. The number of carbonyl (C=O) groups is 2. The average molecular weight is 312 g/mol. The predicted molar refractivity (Wildman–Crippen MR) is 85.4 cm³/mol. The Hall–Kier alpha value is -2.07. The van der Waals surface area contributed by atoms with Crippen molar-refractivity contribution in [2.45, 2.75) is 29.6 Å². The lowest BCUT2D eigenvalue weighted by Gasteiger charge is -2.07. The molecular weight excluding hydrogens is 296 g/mol. The molecule has 4 heteroatoms. The van der Waals surface area contributed by atoms with E-state index < -0.39 is 0 Å². The lowest BCUT2D eigenvalue weighted by atomic mass is 10.0. The molecule has 0 bridgehead atoms. The van der Waals surface area contributed by atoms with Crippen LogP contribution in [0.15, 0.2) is 52.3 Å². The van der Waals surface area contributed by atoms with Gasteiger partial charge in [-0.15, -0.1) is 0 Å². The van der Waals surface area contributed by atoms with Crippen molar-refractivity contribution < 1.29 is 14.3 Å². The van der Waals surface area contributed by atoms with E-state index in [-0.39, 0.29) is 18.2 Å². The van der Waals surface area contributed by atoms with Crippen LogP contribution in [0.5, 0.6) is 0 Å². The van der Waals surface area contributed by atoms with Crippen LogP contribution in [0.25, 0.3) is 0 Å². The van der Waals surface area contributed by atoms with Crippen LogP contribution in [0.3, 0.4) is 0 Å². The van der Waals surface area contributed by atoms with Gasteiger partial charge in [0.15, 0.2) is 5.78 Å². The molecule has 0 fully saturated rings. The zero-order chi connectivity index (χ0) is 15.5. The topological polar surface area (TPSA) is 43.4 Å². The normalized spacial score (nSPS) is 13.0. The third-order valence-corrected chi connectivity index (χ3v) is 4.74. The second-order valence-electron chi connectivity index (χ2n) is 5.12. The van der Waals surface area contributed by atoms with E-state index in [0.717, 1.165) is 20.9 Å². The Bertz CT molecular complexity index is 737. The van der Waals surface area contributed by atoms with Crippen molar-refractivity contribution in [3.05, 3.63) is 59.2 Å². The van der Waals surface area contributed by atoms with Crippen LogP contribution in [0.2, 0.25) is 0 Å². The minimum atomic E-state index is -0.264. The quantitative estimate of drug-likeness (QED) is 0.811. The highest BCUT2D eigenvalue weighted by atomic mass is 32.2. The first kappa shape index (κ1) is 14.9. The lowest BCUT2D eigenvalue weighted by molar-refractivity contribution is -0.142. The summed E-state index contributed by atoms with van der Waals surface area (Å²) in [4.78, 5) is 26.2. The van der Waals surface area contributed by atoms with Gasteiger partial charge in [0.25, 0.3) is 0 Å². The molecule has 0 unspecified atom stereocenters. The van der Waals surface area contributed by atoms with Gasteiger partial charge in [-0.2, -0.15) is 0 Å². The molecule has 0 aliphatic carbocycles. The van der Waals surface area contributed by atoms with Crippen LogP contribution in [-0.4, -0.2) is 18.4 Å². The number of ketones is 1. The fraction of sp³-hybridized carbons (Fsp3) is 0.222. The molecule has 3 nitrogen and oxygen atoms in total. The number of benzene rings is 2. The van der Waals surface area contributed by atoms with E-state index in [4.69, 9.17) is 4.74 Å². The van der Waals surface area contributed by atoms with Crippen molar-refractivity contribution in [1.82, 2.24) is 0 Å². The Kier molecular flexibility index (Phi) is 4.29. The summed E-state index contributed by atoms with van der Waals surface area (Å²) in [7, 11) is 0. The largest absolute Gasteiger partial charge is 0.466 e. The first-order valence-electron chi connectivity index (χ1n) is 7.25. The van der Waals surface area contributed by atoms with Gasteiger partial charge in [0.05, 0.1) is 13.0 Å². The second kappa shape index (κ2) is 6.36. The van der Waals surface area contributed by atoms with E-state index in [2.05, 4.69) is 0 Å². The maximum absolute atomic E-state index is 12.5. The molecule has 0 saturated heterocycles. The van der Waals surface area contributed by atoms with Gasteiger partial charge >= 0.3 is 5.97 Å². The summed E-state index contributed by atoms with van der Waals surface area (Å²) < 4.78 is 4.96. The van der Waals surface area contributed by atoms with Crippen molar-refractivity contribution in [3.8, 4) is 0 Å². The predicted octanol–water partition coefficient (Wildman–Crippen LogP) is 3.68. The van der Waals surface area contributed by atoms with Crippen LogP contribution < -0.4 is 0 Å². The highest BCUT2D eigenvalue weighted by Crippen LogP contribution is 2.37. The summed E-state index contributed by atoms with van der Waals surface area (Å²) in [6, 6.07) is 13.6. The maximum atomic E-state index is 12.5. The summed E-state index contributed by atoms with van der Waals surface area (Å²) >= 11 is 1.61. The van der Waals surface area contributed by atoms with Crippen molar-refractivity contribution in [2.24, 2.45) is 0 Å². The van der Waals surface area contributed by atoms with Crippen molar-refractivity contribution in [1.29, 1.82) is 0 Å². The summed E-state index contributed by atoms with van der Waals surface area (Å²) in [5.74, 6) is -0.169. The molecule has 1 aliphatic rings. The van der Waals surface area contributed by atoms with Gasteiger partial charge in [-0.05, 0) is 36.2 Å². The van der Waals surface area contributed by atoms with Crippen molar-refractivity contribution in [3.63, 3.8) is 0 Å². The summed E-state index contributed by atoms with van der Waals surface area (Å²) in [5.41, 5.74) is 2.57. The number of hydrogen-bond acceptors (Lipinski definition) is 4. The van der Waals surface area contributed by atoms with Gasteiger partial charge in [-0.1, -0.05) is 36.0 Å². The van der Waals surface area contributed by atoms with Crippen LogP contribution in [0, 0.1) is 0 Å². The van der Waals surface area contributed by atoms with Gasteiger partial charge < -0.3 is 4.74 Å². The zero-order valence-electron chi connectivity index (χ0n) is 12.3. The Morgan fingerprint density at radius 2 is 2.00 bits per heavy atom. The van der Waals surface area contributed by atoms with Gasteiger partial charge in [0.1, 0.15) is 0 Å².